The van der Waals surface area contributed by atoms with Crippen LogP contribution in [-0.4, -0.2) is 97.1 Å². The first-order valence-electron chi connectivity index (χ1n) is 21.3. The summed E-state index contributed by atoms with van der Waals surface area (Å²) in [4.78, 5) is 66.1. The van der Waals surface area contributed by atoms with Gasteiger partial charge in [0.25, 0.3) is 17.7 Å². The molecule has 2 N–H and O–H groups in total. The van der Waals surface area contributed by atoms with Gasteiger partial charge in [0.15, 0.2) is 0 Å². The van der Waals surface area contributed by atoms with Crippen LogP contribution < -0.4 is 20.4 Å². The Bertz CT molecular complexity index is 2480. The zero-order valence-electron chi connectivity index (χ0n) is 36.1. The number of rotatable bonds is 14. The van der Waals surface area contributed by atoms with Gasteiger partial charge in [-0.3, -0.25) is 39.3 Å². The second-order valence-electron chi connectivity index (χ2n) is 16.1. The molecule has 0 spiro atoms. The molecule has 63 heavy (non-hydrogen) atoms. The molecule has 1 atom stereocenters. The summed E-state index contributed by atoms with van der Waals surface area (Å²) in [5.41, 5.74) is 7.26. The van der Waals surface area contributed by atoms with Gasteiger partial charge in [0, 0.05) is 104 Å². The molecule has 14 heteroatoms. The normalized spacial score (nSPS) is 16.7. The molecular formula is C49H52F2N8O4. The number of aliphatic imine (C=N–C) groups is 1. The number of aryl methyl sites for hydroxylation is 1. The molecule has 7 rings (SSSR count). The van der Waals surface area contributed by atoms with E-state index in [2.05, 4.69) is 48.3 Å². The van der Waals surface area contributed by atoms with Gasteiger partial charge in [0.05, 0.1) is 12.2 Å². The van der Waals surface area contributed by atoms with Crippen molar-refractivity contribution >= 4 is 52.7 Å². The van der Waals surface area contributed by atoms with Crippen molar-refractivity contribution in [1.82, 2.24) is 25.4 Å². The van der Waals surface area contributed by atoms with Crippen LogP contribution in [0.2, 0.25) is 0 Å². The Kier molecular flexibility index (Phi) is 13.8. The predicted molar refractivity (Wildman–Crippen MR) is 241 cm³/mol. The van der Waals surface area contributed by atoms with Gasteiger partial charge >= 0.3 is 0 Å². The van der Waals surface area contributed by atoms with Crippen LogP contribution >= 0.6 is 0 Å². The molecule has 0 saturated carbocycles. The van der Waals surface area contributed by atoms with Gasteiger partial charge in [-0.05, 0) is 99.3 Å². The van der Waals surface area contributed by atoms with Crippen molar-refractivity contribution in [3.63, 3.8) is 0 Å². The van der Waals surface area contributed by atoms with Crippen LogP contribution in [0.5, 0.6) is 0 Å². The Morgan fingerprint density at radius 2 is 1.78 bits per heavy atom. The topological polar surface area (TPSA) is 131 Å². The number of carbonyl (C=O) groups is 4. The van der Waals surface area contributed by atoms with Crippen LogP contribution in [0.1, 0.15) is 88.6 Å². The lowest BCUT2D eigenvalue weighted by atomic mass is 10.0. The minimum atomic E-state index is -2.94. The zero-order valence-corrected chi connectivity index (χ0v) is 36.1. The number of carbonyl (C=O) groups excluding carboxylic acids is 4. The third-order valence-electron chi connectivity index (χ3n) is 11.9. The van der Waals surface area contributed by atoms with Crippen molar-refractivity contribution in [3.05, 3.63) is 124 Å². The number of hydrogen-bond donors (Lipinski definition) is 2. The van der Waals surface area contributed by atoms with Crippen molar-refractivity contribution in [2.45, 2.75) is 65.0 Å². The summed E-state index contributed by atoms with van der Waals surface area (Å²) in [6.07, 6.45) is 6.67. The van der Waals surface area contributed by atoms with Crippen LogP contribution in [-0.2, 0) is 28.5 Å². The fourth-order valence-corrected chi connectivity index (χ4v) is 8.38. The molecule has 0 bridgehead atoms. The highest BCUT2D eigenvalue weighted by Gasteiger charge is 2.33. The molecule has 1 aromatic heterocycles. The monoisotopic (exact) mass is 854 g/mol. The number of fused-ring (bicyclic) bond motifs is 2. The van der Waals surface area contributed by atoms with E-state index in [9.17, 15) is 28.0 Å². The summed E-state index contributed by atoms with van der Waals surface area (Å²) in [5, 5.41) is 5.04. The summed E-state index contributed by atoms with van der Waals surface area (Å²) in [6, 6.07) is 21.5. The molecule has 4 heterocycles. The van der Waals surface area contributed by atoms with E-state index in [-0.39, 0.29) is 42.3 Å². The highest BCUT2D eigenvalue weighted by molar-refractivity contribution is 6.37. The van der Waals surface area contributed by atoms with Gasteiger partial charge < -0.3 is 15.1 Å². The number of halogens is 2. The lowest BCUT2D eigenvalue weighted by Gasteiger charge is -2.35. The second kappa shape index (κ2) is 19.5. The Hall–Kier alpha value is -6.72. The van der Waals surface area contributed by atoms with Gasteiger partial charge in [-0.1, -0.05) is 42.2 Å². The van der Waals surface area contributed by atoms with E-state index >= 15 is 0 Å². The number of hydrogen-bond acceptors (Lipinski definition) is 8. The van der Waals surface area contributed by atoms with E-state index in [0.29, 0.717) is 36.5 Å². The lowest BCUT2D eigenvalue weighted by Crippen LogP contribution is -2.47. The number of amides is 4. The number of pyridine rings is 1. The molecule has 1 saturated heterocycles. The van der Waals surface area contributed by atoms with E-state index in [1.54, 1.807) is 36.3 Å². The molecule has 4 amide bonds. The maximum Gasteiger partial charge on any atom is 0.270 e. The minimum absolute atomic E-state index is 0.0125. The standard InChI is InChI=1S/C49H52F2N8O4/c1-5-40-42-29-36(13-19-43(42)59(46(40)52-4)39-16-14-38(15-17-39)49(3,50)51)47(62)53-22-6-8-35-12-20-44(54-30-35)57-26-24-56(25-27-57)23-7-9-34-11-18-41-37(28-34)31-58(48(41)63)33(2)10-21-45(61)55-32-60/h5,11-20,28-30,32-33H,7,9-10,21-27,31H2,1-4H3,(H,53,62)(H,55,60,61)/b40-5-,52-46?. The Morgan fingerprint density at radius 1 is 1.00 bits per heavy atom. The number of benzene rings is 3. The molecule has 4 aromatic rings. The van der Waals surface area contributed by atoms with E-state index in [4.69, 9.17) is 0 Å². The summed E-state index contributed by atoms with van der Waals surface area (Å²) >= 11 is 0. The maximum absolute atomic E-state index is 13.9. The molecule has 1 unspecified atom stereocenters. The Morgan fingerprint density at radius 3 is 2.46 bits per heavy atom. The minimum Gasteiger partial charge on any atom is -0.354 e. The predicted octanol–water partition coefficient (Wildman–Crippen LogP) is 6.71. The Balaban J connectivity index is 0.849. The number of alkyl halides is 2. The molecule has 3 aromatic carbocycles. The number of nitrogens with one attached hydrogen (secondary N) is 2. The molecule has 12 nitrogen and oxygen atoms in total. The van der Waals surface area contributed by atoms with Gasteiger partial charge in [0.2, 0.25) is 12.3 Å². The van der Waals surface area contributed by atoms with Crippen LogP contribution in [0, 0.1) is 11.8 Å². The highest BCUT2D eigenvalue weighted by Crippen LogP contribution is 2.43. The van der Waals surface area contributed by atoms with Gasteiger partial charge in [0.1, 0.15) is 11.7 Å². The van der Waals surface area contributed by atoms with Crippen LogP contribution in [0.25, 0.3) is 5.57 Å². The third-order valence-corrected chi connectivity index (χ3v) is 11.9. The fraction of sp³-hybridized carbons (Fsp3) is 0.347. The number of nitrogens with zero attached hydrogens (tertiary/aromatic N) is 6. The van der Waals surface area contributed by atoms with E-state index in [1.807, 2.05) is 61.2 Å². The number of imide groups is 1. The number of aromatic nitrogens is 1. The first-order valence-corrected chi connectivity index (χ1v) is 21.3. The van der Waals surface area contributed by atoms with Gasteiger partial charge in [-0.25, -0.2) is 13.8 Å². The largest absolute Gasteiger partial charge is 0.354 e. The number of anilines is 3. The number of amidine groups is 1. The fourth-order valence-electron chi connectivity index (χ4n) is 8.38. The summed E-state index contributed by atoms with van der Waals surface area (Å²) < 4.78 is 27.8. The summed E-state index contributed by atoms with van der Waals surface area (Å²) in [5.74, 6) is 4.13. The molecule has 3 aliphatic heterocycles. The van der Waals surface area contributed by atoms with Crippen molar-refractivity contribution in [1.29, 1.82) is 0 Å². The molecule has 3 aliphatic rings. The van der Waals surface area contributed by atoms with Crippen molar-refractivity contribution in [2.24, 2.45) is 4.99 Å². The first-order chi connectivity index (χ1) is 30.4. The van der Waals surface area contributed by atoms with Crippen molar-refractivity contribution in [2.75, 3.05) is 56.1 Å². The third kappa shape index (κ3) is 10.2. The van der Waals surface area contributed by atoms with Crippen LogP contribution in [0.4, 0.5) is 26.0 Å². The molecular weight excluding hydrogens is 803 g/mol. The van der Waals surface area contributed by atoms with E-state index in [1.165, 1.54) is 17.7 Å². The highest BCUT2D eigenvalue weighted by atomic mass is 19.3. The number of allylic oxidation sites excluding steroid dienone is 1. The quantitative estimate of drug-likeness (QED) is 0.106. The van der Waals surface area contributed by atoms with Crippen molar-refractivity contribution < 1.29 is 28.0 Å². The van der Waals surface area contributed by atoms with Gasteiger partial charge in [-0.2, -0.15) is 0 Å². The molecule has 326 valence electrons. The average molecular weight is 855 g/mol. The summed E-state index contributed by atoms with van der Waals surface area (Å²) in [6.45, 7) is 9.96. The van der Waals surface area contributed by atoms with Gasteiger partial charge in [-0.15, -0.1) is 0 Å². The average Bonchev–Trinajstić information content (AvgIpc) is 3.80. The first kappa shape index (κ1) is 44.3. The zero-order chi connectivity index (χ0) is 44.7. The second-order valence-corrected chi connectivity index (χ2v) is 16.1. The van der Waals surface area contributed by atoms with E-state index < -0.39 is 5.92 Å². The molecule has 0 aliphatic carbocycles. The van der Waals surface area contributed by atoms with Crippen molar-refractivity contribution in [3.8, 4) is 11.8 Å². The van der Waals surface area contributed by atoms with E-state index in [0.717, 1.165) is 91.8 Å². The SMILES string of the molecule is C/C=C1\C(=NC)N(c2ccc(C(C)(F)F)cc2)c2ccc(C(=O)NCC#Cc3ccc(N4CCN(CCCc5ccc6c(c5)CN(C(C)CCC(=O)NC=O)C6=O)CC4)nc3)cc21. The maximum atomic E-state index is 13.9. The number of piperazine rings is 1. The lowest BCUT2D eigenvalue weighted by molar-refractivity contribution is -0.125. The smallest absolute Gasteiger partial charge is 0.270 e. The van der Waals surface area contributed by atoms with Crippen LogP contribution in [0.3, 0.4) is 0 Å². The molecule has 1 fully saturated rings. The Labute approximate surface area is 367 Å². The molecule has 0 radical (unpaired) electrons. The summed E-state index contributed by atoms with van der Waals surface area (Å²) in [7, 11) is 1.68. The van der Waals surface area contributed by atoms with Crippen LogP contribution in [0.15, 0.2) is 90.1 Å².